The molecule has 0 amide bonds. The van der Waals surface area contributed by atoms with E-state index in [9.17, 15) is 5.11 Å². The molecule has 0 radical (unpaired) electrons. The zero-order valence-corrected chi connectivity index (χ0v) is 6.89. The monoisotopic (exact) mass is 144 g/mol. The van der Waals surface area contributed by atoms with E-state index in [0.717, 1.165) is 0 Å². The molecule has 0 rings (SSSR count). The van der Waals surface area contributed by atoms with Crippen molar-refractivity contribution in [2.24, 2.45) is 5.41 Å². The van der Waals surface area contributed by atoms with Gasteiger partial charge in [0.15, 0.2) is 0 Å². The first-order chi connectivity index (χ1) is 4.37. The summed E-state index contributed by atoms with van der Waals surface area (Å²) in [6.07, 6.45) is 1.45. The van der Waals surface area contributed by atoms with Crippen LogP contribution >= 0.6 is 0 Å². The Bertz CT molecular complexity index is 125. The van der Waals surface area contributed by atoms with Gasteiger partial charge in [0.25, 0.3) is 0 Å². The summed E-state index contributed by atoms with van der Waals surface area (Å²) in [5, 5.41) is 18.4. The van der Waals surface area contributed by atoms with Crippen molar-refractivity contribution in [3.63, 3.8) is 0 Å². The van der Waals surface area contributed by atoms with Gasteiger partial charge >= 0.3 is 0 Å². The second-order valence-electron chi connectivity index (χ2n) is 3.39. The van der Waals surface area contributed by atoms with E-state index in [2.05, 4.69) is 6.58 Å². The molecular weight excluding hydrogens is 128 g/mol. The third-order valence-corrected chi connectivity index (χ3v) is 2.16. The summed E-state index contributed by atoms with van der Waals surface area (Å²) >= 11 is 0. The van der Waals surface area contributed by atoms with Gasteiger partial charge in [0.2, 0.25) is 0 Å². The largest absolute Gasteiger partial charge is 0.396 e. The van der Waals surface area contributed by atoms with E-state index >= 15 is 0 Å². The van der Waals surface area contributed by atoms with Crippen molar-refractivity contribution in [1.29, 1.82) is 0 Å². The Morgan fingerprint density at radius 1 is 1.40 bits per heavy atom. The zero-order chi connectivity index (χ0) is 8.41. The fourth-order valence-electron chi connectivity index (χ4n) is 0.436. The Morgan fingerprint density at radius 3 is 1.90 bits per heavy atom. The van der Waals surface area contributed by atoms with Gasteiger partial charge in [0.05, 0.1) is 12.2 Å². The average molecular weight is 144 g/mol. The fourth-order valence-corrected chi connectivity index (χ4v) is 0.436. The molecule has 0 fully saturated rings. The van der Waals surface area contributed by atoms with Crippen molar-refractivity contribution < 1.29 is 10.2 Å². The lowest BCUT2D eigenvalue weighted by molar-refractivity contribution is -0.0395. The topological polar surface area (TPSA) is 40.5 Å². The summed E-state index contributed by atoms with van der Waals surface area (Å²) in [6.45, 7) is 8.64. The number of rotatable bonds is 3. The predicted molar refractivity (Wildman–Crippen MR) is 41.7 cm³/mol. The van der Waals surface area contributed by atoms with Crippen molar-refractivity contribution in [3.05, 3.63) is 12.7 Å². The Hall–Kier alpha value is -0.340. The molecule has 0 aromatic heterocycles. The summed E-state index contributed by atoms with van der Waals surface area (Å²) in [6, 6.07) is 0. The molecule has 2 N–H and O–H groups in total. The highest BCUT2D eigenvalue weighted by molar-refractivity contribution is 5.01. The summed E-state index contributed by atoms with van der Waals surface area (Å²) in [4.78, 5) is 0. The molecule has 60 valence electrons. The van der Waals surface area contributed by atoms with Gasteiger partial charge in [0, 0.05) is 5.41 Å². The average Bonchev–Trinajstić information content (AvgIpc) is 1.88. The Labute approximate surface area is 62.2 Å². The Kier molecular flexibility index (Phi) is 2.63. The van der Waals surface area contributed by atoms with Crippen molar-refractivity contribution in [2.45, 2.75) is 26.4 Å². The van der Waals surface area contributed by atoms with Crippen molar-refractivity contribution in [1.82, 2.24) is 0 Å². The van der Waals surface area contributed by atoms with Crippen LogP contribution in [0.15, 0.2) is 12.7 Å². The van der Waals surface area contributed by atoms with Crippen LogP contribution in [0.5, 0.6) is 0 Å². The number of hydrogen-bond donors (Lipinski definition) is 2. The maximum absolute atomic E-state index is 9.57. The second kappa shape index (κ2) is 2.72. The first-order valence-corrected chi connectivity index (χ1v) is 3.34. The van der Waals surface area contributed by atoms with Gasteiger partial charge in [-0.1, -0.05) is 19.9 Å². The Morgan fingerprint density at radius 2 is 1.80 bits per heavy atom. The predicted octanol–water partition coefficient (Wildman–Crippen LogP) is 0.942. The quantitative estimate of drug-likeness (QED) is 0.579. The van der Waals surface area contributed by atoms with Crippen LogP contribution in [-0.4, -0.2) is 22.4 Å². The summed E-state index contributed by atoms with van der Waals surface area (Å²) in [7, 11) is 0. The summed E-state index contributed by atoms with van der Waals surface area (Å²) in [5.74, 6) is 0. The molecular formula is C8H16O2. The lowest BCUT2D eigenvalue weighted by atomic mass is 9.77. The molecule has 0 saturated carbocycles. The van der Waals surface area contributed by atoms with Gasteiger partial charge in [0.1, 0.15) is 0 Å². The first-order valence-electron chi connectivity index (χ1n) is 3.34. The molecule has 0 bridgehead atoms. The normalized spacial score (nSPS) is 18.1. The van der Waals surface area contributed by atoms with Crippen LogP contribution in [0.3, 0.4) is 0 Å². The van der Waals surface area contributed by atoms with Gasteiger partial charge < -0.3 is 10.2 Å². The van der Waals surface area contributed by atoms with Gasteiger partial charge in [-0.3, -0.25) is 0 Å². The van der Waals surface area contributed by atoms with Crippen LogP contribution in [0.1, 0.15) is 20.8 Å². The van der Waals surface area contributed by atoms with E-state index in [1.807, 2.05) is 0 Å². The van der Waals surface area contributed by atoms with Crippen LogP contribution in [0.2, 0.25) is 0 Å². The standard InChI is InChI=1S/C8H16O2/c1-5-8(4,10)7(2,3)6-9/h5,9-10H,1,6H2,2-4H3. The number of aliphatic hydroxyl groups is 2. The maximum atomic E-state index is 9.57. The van der Waals surface area contributed by atoms with Crippen LogP contribution in [0, 0.1) is 5.41 Å². The highest BCUT2D eigenvalue weighted by Crippen LogP contribution is 2.30. The SMILES string of the molecule is C=CC(C)(O)C(C)(C)CO. The van der Waals surface area contributed by atoms with Crippen LogP contribution in [-0.2, 0) is 0 Å². The lowest BCUT2D eigenvalue weighted by Gasteiger charge is -2.35. The fraction of sp³-hybridized carbons (Fsp3) is 0.750. The van der Waals surface area contributed by atoms with E-state index < -0.39 is 11.0 Å². The second-order valence-corrected chi connectivity index (χ2v) is 3.39. The third-order valence-electron chi connectivity index (χ3n) is 2.16. The van der Waals surface area contributed by atoms with Crippen molar-refractivity contribution >= 4 is 0 Å². The van der Waals surface area contributed by atoms with Crippen molar-refractivity contribution in [3.8, 4) is 0 Å². The highest BCUT2D eigenvalue weighted by Gasteiger charge is 2.35. The molecule has 0 saturated heterocycles. The third kappa shape index (κ3) is 1.58. The van der Waals surface area contributed by atoms with Crippen LogP contribution in [0.4, 0.5) is 0 Å². The maximum Gasteiger partial charge on any atom is 0.0869 e. The smallest absolute Gasteiger partial charge is 0.0869 e. The summed E-state index contributed by atoms with van der Waals surface area (Å²) < 4.78 is 0. The molecule has 1 atom stereocenters. The number of hydrogen-bond acceptors (Lipinski definition) is 2. The van der Waals surface area contributed by atoms with E-state index in [1.165, 1.54) is 6.08 Å². The number of aliphatic hydroxyl groups excluding tert-OH is 1. The first kappa shape index (κ1) is 9.66. The van der Waals surface area contributed by atoms with E-state index in [0.29, 0.717) is 0 Å². The zero-order valence-electron chi connectivity index (χ0n) is 6.89. The van der Waals surface area contributed by atoms with E-state index in [4.69, 9.17) is 5.11 Å². The van der Waals surface area contributed by atoms with Crippen LogP contribution in [0.25, 0.3) is 0 Å². The molecule has 0 spiro atoms. The van der Waals surface area contributed by atoms with E-state index in [-0.39, 0.29) is 6.61 Å². The van der Waals surface area contributed by atoms with Gasteiger partial charge in [-0.25, -0.2) is 0 Å². The van der Waals surface area contributed by atoms with Crippen LogP contribution < -0.4 is 0 Å². The molecule has 10 heavy (non-hydrogen) atoms. The molecule has 0 aliphatic rings. The molecule has 0 aromatic rings. The minimum absolute atomic E-state index is 0.0496. The van der Waals surface area contributed by atoms with Gasteiger partial charge in [-0.2, -0.15) is 0 Å². The molecule has 2 nitrogen and oxygen atoms in total. The van der Waals surface area contributed by atoms with Gasteiger partial charge in [-0.15, -0.1) is 6.58 Å². The Balaban J connectivity index is 4.43. The highest BCUT2D eigenvalue weighted by atomic mass is 16.3. The van der Waals surface area contributed by atoms with E-state index in [1.54, 1.807) is 20.8 Å². The van der Waals surface area contributed by atoms with Gasteiger partial charge in [-0.05, 0) is 6.92 Å². The lowest BCUT2D eigenvalue weighted by Crippen LogP contribution is -2.42. The molecule has 0 aliphatic heterocycles. The molecule has 2 heteroatoms. The molecule has 0 aromatic carbocycles. The van der Waals surface area contributed by atoms with Crippen molar-refractivity contribution in [2.75, 3.05) is 6.61 Å². The minimum Gasteiger partial charge on any atom is -0.396 e. The molecule has 0 heterocycles. The molecule has 1 unspecified atom stereocenters. The molecule has 0 aliphatic carbocycles. The minimum atomic E-state index is -0.998. The summed E-state index contributed by atoms with van der Waals surface area (Å²) in [5.41, 5.74) is -1.52.